The van der Waals surface area contributed by atoms with Crippen LogP contribution in [0.15, 0.2) is 42.5 Å². The van der Waals surface area contributed by atoms with E-state index >= 15 is 0 Å². The molecule has 0 radical (unpaired) electrons. The van der Waals surface area contributed by atoms with Gasteiger partial charge in [-0.15, -0.1) is 0 Å². The monoisotopic (exact) mass is 340 g/mol. The summed E-state index contributed by atoms with van der Waals surface area (Å²) in [6.07, 6.45) is 1.67. The first-order valence-electron chi connectivity index (χ1n) is 7.72. The highest BCUT2D eigenvalue weighted by Gasteiger charge is 2.12. The largest absolute Gasteiger partial charge is 0.351 e. The Labute approximate surface area is 143 Å². The minimum Gasteiger partial charge on any atom is -0.351 e. The molecule has 1 heterocycles. The lowest BCUT2D eigenvalue weighted by Crippen LogP contribution is -2.12. The van der Waals surface area contributed by atoms with Crippen molar-refractivity contribution in [2.45, 2.75) is 19.6 Å². The molecule has 1 atom stereocenters. The number of fused-ring (bicyclic) bond motifs is 1. The molecule has 0 saturated carbocycles. The molecule has 0 aliphatic rings. The second-order valence-corrected chi connectivity index (χ2v) is 7.53. The van der Waals surface area contributed by atoms with Crippen LogP contribution in [0.25, 0.3) is 10.9 Å². The number of hydrogen-bond acceptors (Lipinski definition) is 2. The van der Waals surface area contributed by atoms with E-state index < -0.39 is 10.8 Å². The van der Waals surface area contributed by atoms with Crippen LogP contribution in [0, 0.1) is 13.8 Å². The zero-order chi connectivity index (χ0) is 17.3. The molecule has 1 amide bonds. The van der Waals surface area contributed by atoms with E-state index in [1.54, 1.807) is 6.26 Å². The van der Waals surface area contributed by atoms with E-state index in [2.05, 4.69) is 16.4 Å². The minimum absolute atomic E-state index is 0.182. The van der Waals surface area contributed by atoms with Gasteiger partial charge >= 0.3 is 0 Å². The van der Waals surface area contributed by atoms with Gasteiger partial charge in [0.05, 0.1) is 0 Å². The van der Waals surface area contributed by atoms with Crippen LogP contribution in [0.5, 0.6) is 0 Å². The fourth-order valence-electron chi connectivity index (χ4n) is 2.89. The van der Waals surface area contributed by atoms with E-state index in [1.165, 1.54) is 0 Å². The molecule has 1 aromatic heterocycles. The number of aromatic amines is 1. The van der Waals surface area contributed by atoms with Crippen LogP contribution in [0.3, 0.4) is 0 Å². The lowest BCUT2D eigenvalue weighted by molar-refractivity contribution is 0.102. The summed E-state index contributed by atoms with van der Waals surface area (Å²) in [6, 6.07) is 13.5. The Bertz CT molecular complexity index is 944. The molecule has 0 aliphatic carbocycles. The topological polar surface area (TPSA) is 62.0 Å². The molecule has 2 N–H and O–H groups in total. The van der Waals surface area contributed by atoms with Crippen molar-refractivity contribution in [3.8, 4) is 0 Å². The summed E-state index contributed by atoms with van der Waals surface area (Å²) in [5.41, 5.74) is 5.45. The SMILES string of the molecule is Cc1cc(C)c2cc(C(=O)Nc3cccc(C[S@@](C)=O)c3)[nH]c2c1. The summed E-state index contributed by atoms with van der Waals surface area (Å²) in [5, 5.41) is 3.95. The van der Waals surface area contributed by atoms with Gasteiger partial charge < -0.3 is 10.3 Å². The lowest BCUT2D eigenvalue weighted by atomic mass is 10.1. The zero-order valence-corrected chi connectivity index (χ0v) is 14.8. The summed E-state index contributed by atoms with van der Waals surface area (Å²) in [6.45, 7) is 4.08. The maximum Gasteiger partial charge on any atom is 0.272 e. The maximum atomic E-state index is 12.5. The van der Waals surface area contributed by atoms with Crippen molar-refractivity contribution >= 4 is 33.3 Å². The highest BCUT2D eigenvalue weighted by molar-refractivity contribution is 7.83. The van der Waals surface area contributed by atoms with E-state index in [1.807, 2.05) is 50.2 Å². The number of carbonyl (C=O) groups is 1. The molecule has 0 saturated heterocycles. The number of hydrogen-bond donors (Lipinski definition) is 2. The Morgan fingerprint density at radius 3 is 2.71 bits per heavy atom. The quantitative estimate of drug-likeness (QED) is 0.756. The average molecular weight is 340 g/mol. The predicted octanol–water partition coefficient (Wildman–Crippen LogP) is 3.92. The third-order valence-corrected chi connectivity index (χ3v) is 4.63. The fraction of sp³-hybridized carbons (Fsp3) is 0.211. The second-order valence-electron chi connectivity index (χ2n) is 6.10. The lowest BCUT2D eigenvalue weighted by Gasteiger charge is -2.06. The third kappa shape index (κ3) is 3.57. The number of H-pyrrole nitrogens is 1. The molecule has 0 unspecified atom stereocenters. The Balaban J connectivity index is 1.85. The van der Waals surface area contributed by atoms with Crippen molar-refractivity contribution in [2.24, 2.45) is 0 Å². The van der Waals surface area contributed by atoms with Crippen LogP contribution in [0.4, 0.5) is 5.69 Å². The first-order chi connectivity index (χ1) is 11.4. The van der Waals surface area contributed by atoms with Gasteiger partial charge in [-0.1, -0.05) is 18.2 Å². The van der Waals surface area contributed by atoms with Crippen molar-refractivity contribution < 1.29 is 9.00 Å². The number of aryl methyl sites for hydroxylation is 2. The molecule has 0 bridgehead atoms. The number of anilines is 1. The van der Waals surface area contributed by atoms with Gasteiger partial charge in [-0.25, -0.2) is 0 Å². The van der Waals surface area contributed by atoms with Gasteiger partial charge in [-0.05, 0) is 54.8 Å². The fourth-order valence-corrected chi connectivity index (χ4v) is 3.54. The molecule has 4 nitrogen and oxygen atoms in total. The molecule has 3 rings (SSSR count). The van der Waals surface area contributed by atoms with E-state index in [9.17, 15) is 9.00 Å². The second kappa shape index (κ2) is 6.61. The number of nitrogens with one attached hydrogen (secondary N) is 2. The van der Waals surface area contributed by atoms with E-state index in [0.717, 1.165) is 27.6 Å². The summed E-state index contributed by atoms with van der Waals surface area (Å²) >= 11 is 0. The summed E-state index contributed by atoms with van der Waals surface area (Å²) < 4.78 is 11.3. The molecule has 0 aliphatic heterocycles. The van der Waals surface area contributed by atoms with Crippen molar-refractivity contribution in [3.63, 3.8) is 0 Å². The number of carbonyl (C=O) groups excluding carboxylic acids is 1. The predicted molar refractivity (Wildman–Crippen MR) is 99.9 cm³/mol. The van der Waals surface area contributed by atoms with Gasteiger partial charge in [0.1, 0.15) is 5.69 Å². The molecule has 24 heavy (non-hydrogen) atoms. The third-order valence-electron chi connectivity index (χ3n) is 3.89. The number of amides is 1. The standard InChI is InChI=1S/C19H20N2O2S/c1-12-7-13(2)16-10-18(21-17(16)8-12)19(22)20-15-6-4-5-14(9-15)11-24(3)23/h4-10,21H,11H2,1-3H3,(H,20,22)/t24-/m1/s1. The van der Waals surface area contributed by atoms with Gasteiger partial charge in [0.2, 0.25) is 0 Å². The van der Waals surface area contributed by atoms with Crippen molar-refractivity contribution in [2.75, 3.05) is 11.6 Å². The van der Waals surface area contributed by atoms with Gasteiger partial charge in [0.15, 0.2) is 0 Å². The number of aromatic nitrogens is 1. The van der Waals surface area contributed by atoms with Crippen LogP contribution in [-0.2, 0) is 16.6 Å². The van der Waals surface area contributed by atoms with Gasteiger partial charge in [-0.2, -0.15) is 0 Å². The molecule has 0 spiro atoms. The molecule has 5 heteroatoms. The summed E-state index contributed by atoms with van der Waals surface area (Å²) in [4.78, 5) is 15.7. The van der Waals surface area contributed by atoms with Crippen molar-refractivity contribution in [1.29, 1.82) is 0 Å². The van der Waals surface area contributed by atoms with Crippen molar-refractivity contribution in [3.05, 3.63) is 64.8 Å². The smallest absolute Gasteiger partial charge is 0.272 e. The maximum absolute atomic E-state index is 12.5. The Morgan fingerprint density at radius 2 is 1.96 bits per heavy atom. The molecule has 124 valence electrons. The Morgan fingerprint density at radius 1 is 1.17 bits per heavy atom. The normalized spacial score (nSPS) is 12.3. The van der Waals surface area contributed by atoms with Crippen LogP contribution < -0.4 is 5.32 Å². The Kier molecular flexibility index (Phi) is 4.53. The Hall–Kier alpha value is -2.40. The van der Waals surface area contributed by atoms with E-state index in [0.29, 0.717) is 17.1 Å². The highest BCUT2D eigenvalue weighted by Crippen LogP contribution is 2.22. The number of rotatable bonds is 4. The molecule has 2 aromatic carbocycles. The minimum atomic E-state index is -0.908. The van der Waals surface area contributed by atoms with E-state index in [4.69, 9.17) is 0 Å². The first kappa shape index (κ1) is 16.5. The summed E-state index contributed by atoms with van der Waals surface area (Å²) in [7, 11) is -0.908. The van der Waals surface area contributed by atoms with Gasteiger partial charge in [0, 0.05) is 39.4 Å². The van der Waals surface area contributed by atoms with Crippen LogP contribution >= 0.6 is 0 Å². The van der Waals surface area contributed by atoms with Crippen molar-refractivity contribution in [1.82, 2.24) is 4.98 Å². The van der Waals surface area contributed by atoms with Crippen LogP contribution in [-0.4, -0.2) is 21.4 Å². The number of benzene rings is 2. The first-order valence-corrected chi connectivity index (χ1v) is 9.45. The van der Waals surface area contributed by atoms with Crippen LogP contribution in [0.1, 0.15) is 27.2 Å². The highest BCUT2D eigenvalue weighted by atomic mass is 32.2. The molecular weight excluding hydrogens is 320 g/mol. The van der Waals surface area contributed by atoms with Gasteiger partial charge in [-0.3, -0.25) is 9.00 Å². The van der Waals surface area contributed by atoms with Crippen LogP contribution in [0.2, 0.25) is 0 Å². The molecule has 0 fully saturated rings. The zero-order valence-electron chi connectivity index (χ0n) is 14.0. The van der Waals surface area contributed by atoms with Gasteiger partial charge in [0.25, 0.3) is 5.91 Å². The molecular formula is C19H20N2O2S. The summed E-state index contributed by atoms with van der Waals surface area (Å²) in [5.74, 6) is 0.298. The molecule has 3 aromatic rings. The van der Waals surface area contributed by atoms with E-state index in [-0.39, 0.29) is 5.91 Å². The average Bonchev–Trinajstić information content (AvgIpc) is 2.91.